The van der Waals surface area contributed by atoms with Crippen molar-refractivity contribution in [3.05, 3.63) is 39.3 Å². The number of benzene rings is 1. The minimum absolute atomic E-state index is 0.0569. The molecule has 0 radical (unpaired) electrons. The first-order chi connectivity index (χ1) is 9.92. The third kappa shape index (κ3) is 3.33. The number of aryl methyl sites for hydroxylation is 2. The average Bonchev–Trinajstić information content (AvgIpc) is 2.77. The smallest absolute Gasteiger partial charge is 0.253 e. The maximum absolute atomic E-state index is 11.9. The van der Waals surface area contributed by atoms with Gasteiger partial charge in [-0.2, -0.15) is 0 Å². The Bertz CT molecular complexity index is 666. The van der Waals surface area contributed by atoms with Crippen LogP contribution in [-0.2, 0) is 0 Å². The molecule has 0 aliphatic rings. The zero-order valence-corrected chi connectivity index (χ0v) is 13.5. The molecule has 1 aromatic heterocycles. The van der Waals surface area contributed by atoms with Crippen LogP contribution in [0.4, 0.5) is 11.4 Å². The number of nitrogens with zero attached hydrogens (tertiary/aromatic N) is 1. The summed E-state index contributed by atoms with van der Waals surface area (Å²) in [5.74, 6) is -0.137. The van der Waals surface area contributed by atoms with E-state index in [-0.39, 0.29) is 11.9 Å². The van der Waals surface area contributed by atoms with E-state index in [0.717, 1.165) is 21.3 Å². The van der Waals surface area contributed by atoms with Gasteiger partial charge < -0.3 is 16.4 Å². The van der Waals surface area contributed by atoms with E-state index in [9.17, 15) is 4.79 Å². The van der Waals surface area contributed by atoms with Crippen molar-refractivity contribution in [1.82, 2.24) is 10.3 Å². The Morgan fingerprint density at radius 3 is 2.67 bits per heavy atom. The third-order valence-corrected chi connectivity index (χ3v) is 4.48. The van der Waals surface area contributed by atoms with Gasteiger partial charge in [-0.25, -0.2) is 4.98 Å². The van der Waals surface area contributed by atoms with Crippen LogP contribution in [-0.4, -0.2) is 17.9 Å². The SMILES string of the molecule is CNC(=O)c1ccc(N)cc1NC(C)c1sc(C)nc1C. The van der Waals surface area contributed by atoms with Crippen LogP contribution in [0.5, 0.6) is 0 Å². The van der Waals surface area contributed by atoms with Crippen LogP contribution in [0.15, 0.2) is 18.2 Å². The number of nitrogens with one attached hydrogen (secondary N) is 2. The summed E-state index contributed by atoms with van der Waals surface area (Å²) in [7, 11) is 1.61. The Morgan fingerprint density at radius 1 is 1.38 bits per heavy atom. The monoisotopic (exact) mass is 304 g/mol. The summed E-state index contributed by atoms with van der Waals surface area (Å²) in [6.07, 6.45) is 0. The zero-order valence-electron chi connectivity index (χ0n) is 12.7. The quantitative estimate of drug-likeness (QED) is 0.759. The first-order valence-corrected chi connectivity index (χ1v) is 7.56. The predicted octanol–water partition coefficient (Wildman–Crippen LogP) is 2.87. The standard InChI is InChI=1S/C15H20N4OS/c1-8-14(21-10(3)18-8)9(2)19-13-7-11(16)5-6-12(13)15(20)17-4/h5-7,9,19H,16H2,1-4H3,(H,17,20). The molecule has 0 aliphatic heterocycles. The molecule has 0 bridgehead atoms. The lowest BCUT2D eigenvalue weighted by Crippen LogP contribution is -2.20. The summed E-state index contributed by atoms with van der Waals surface area (Å²) in [4.78, 5) is 17.5. The minimum Gasteiger partial charge on any atom is -0.399 e. The number of rotatable bonds is 4. The van der Waals surface area contributed by atoms with Crippen LogP contribution in [0.3, 0.4) is 0 Å². The molecule has 4 N–H and O–H groups in total. The first-order valence-electron chi connectivity index (χ1n) is 6.74. The summed E-state index contributed by atoms with van der Waals surface area (Å²) in [5.41, 5.74) is 8.78. The number of carbonyl (C=O) groups is 1. The Morgan fingerprint density at radius 2 is 2.10 bits per heavy atom. The molecule has 1 heterocycles. The van der Waals surface area contributed by atoms with E-state index in [1.54, 1.807) is 36.6 Å². The summed E-state index contributed by atoms with van der Waals surface area (Å²) < 4.78 is 0. The van der Waals surface area contributed by atoms with Crippen molar-refractivity contribution in [3.8, 4) is 0 Å². The fourth-order valence-electron chi connectivity index (χ4n) is 2.26. The summed E-state index contributed by atoms with van der Waals surface area (Å²) in [5, 5.41) is 7.04. The molecular weight excluding hydrogens is 284 g/mol. The number of hydrogen-bond donors (Lipinski definition) is 3. The van der Waals surface area contributed by atoms with E-state index in [2.05, 4.69) is 22.5 Å². The van der Waals surface area contributed by atoms with E-state index >= 15 is 0 Å². The van der Waals surface area contributed by atoms with Crippen molar-refractivity contribution in [2.45, 2.75) is 26.8 Å². The lowest BCUT2D eigenvalue weighted by molar-refractivity contribution is 0.0964. The van der Waals surface area contributed by atoms with Gasteiger partial charge in [0.2, 0.25) is 0 Å². The van der Waals surface area contributed by atoms with Crippen LogP contribution in [0.25, 0.3) is 0 Å². The number of thiazole rings is 1. The molecule has 1 unspecified atom stereocenters. The lowest BCUT2D eigenvalue weighted by atomic mass is 10.1. The molecule has 6 heteroatoms. The summed E-state index contributed by atoms with van der Waals surface area (Å²) in [6.45, 7) is 6.04. The number of nitrogen functional groups attached to an aromatic ring is 1. The van der Waals surface area contributed by atoms with E-state index < -0.39 is 0 Å². The molecule has 0 saturated carbocycles. The maximum atomic E-state index is 11.9. The topological polar surface area (TPSA) is 80.0 Å². The fraction of sp³-hybridized carbons (Fsp3) is 0.333. The number of aromatic nitrogens is 1. The Hall–Kier alpha value is -2.08. The molecule has 0 fully saturated rings. The van der Waals surface area contributed by atoms with Gasteiger partial charge in [-0.15, -0.1) is 11.3 Å². The highest BCUT2D eigenvalue weighted by molar-refractivity contribution is 7.11. The molecule has 1 aromatic carbocycles. The van der Waals surface area contributed by atoms with E-state index in [4.69, 9.17) is 5.73 Å². The van der Waals surface area contributed by atoms with Gasteiger partial charge in [0.15, 0.2) is 0 Å². The molecular formula is C15H20N4OS. The van der Waals surface area contributed by atoms with Gasteiger partial charge in [-0.05, 0) is 39.0 Å². The average molecular weight is 304 g/mol. The summed E-state index contributed by atoms with van der Waals surface area (Å²) in [6, 6.07) is 5.29. The Kier molecular flexibility index (Phi) is 4.47. The van der Waals surface area contributed by atoms with Gasteiger partial charge in [-0.1, -0.05) is 0 Å². The second-order valence-electron chi connectivity index (χ2n) is 4.93. The second-order valence-corrected chi connectivity index (χ2v) is 6.17. The van der Waals surface area contributed by atoms with Crippen molar-refractivity contribution < 1.29 is 4.79 Å². The lowest BCUT2D eigenvalue weighted by Gasteiger charge is -2.17. The predicted molar refractivity (Wildman–Crippen MR) is 87.9 cm³/mol. The number of hydrogen-bond acceptors (Lipinski definition) is 5. The van der Waals surface area contributed by atoms with Crippen LogP contribution in [0, 0.1) is 13.8 Å². The van der Waals surface area contributed by atoms with Crippen molar-refractivity contribution in [1.29, 1.82) is 0 Å². The van der Waals surface area contributed by atoms with E-state index in [1.807, 2.05) is 13.8 Å². The van der Waals surface area contributed by atoms with Gasteiger partial charge in [0.05, 0.1) is 22.3 Å². The maximum Gasteiger partial charge on any atom is 0.253 e. The van der Waals surface area contributed by atoms with Gasteiger partial charge in [-0.3, -0.25) is 4.79 Å². The van der Waals surface area contributed by atoms with Crippen molar-refractivity contribution in [2.24, 2.45) is 0 Å². The zero-order chi connectivity index (χ0) is 15.6. The van der Waals surface area contributed by atoms with Crippen LogP contribution in [0.1, 0.15) is 38.9 Å². The molecule has 0 spiro atoms. The summed E-state index contributed by atoms with van der Waals surface area (Å²) >= 11 is 1.66. The first kappa shape index (κ1) is 15.3. The van der Waals surface area contributed by atoms with Crippen LogP contribution >= 0.6 is 11.3 Å². The molecule has 2 aromatic rings. The number of anilines is 2. The minimum atomic E-state index is -0.137. The Labute approximate surface area is 128 Å². The van der Waals surface area contributed by atoms with Gasteiger partial charge >= 0.3 is 0 Å². The molecule has 1 amide bonds. The number of amides is 1. The van der Waals surface area contributed by atoms with Gasteiger partial charge in [0.25, 0.3) is 5.91 Å². The fourth-order valence-corrected chi connectivity index (χ4v) is 3.19. The normalized spacial score (nSPS) is 12.0. The highest BCUT2D eigenvalue weighted by Crippen LogP contribution is 2.29. The van der Waals surface area contributed by atoms with Crippen molar-refractivity contribution in [3.63, 3.8) is 0 Å². The molecule has 2 rings (SSSR count). The number of nitrogens with two attached hydrogens (primary N) is 1. The van der Waals surface area contributed by atoms with Crippen molar-refractivity contribution >= 4 is 28.6 Å². The molecule has 112 valence electrons. The third-order valence-electron chi connectivity index (χ3n) is 3.22. The molecule has 0 aliphatic carbocycles. The molecule has 5 nitrogen and oxygen atoms in total. The van der Waals surface area contributed by atoms with Crippen molar-refractivity contribution in [2.75, 3.05) is 18.1 Å². The van der Waals surface area contributed by atoms with E-state index in [1.165, 1.54) is 0 Å². The highest BCUT2D eigenvalue weighted by atomic mass is 32.1. The van der Waals surface area contributed by atoms with Gasteiger partial charge in [0, 0.05) is 23.3 Å². The largest absolute Gasteiger partial charge is 0.399 e. The molecule has 0 saturated heterocycles. The highest BCUT2D eigenvalue weighted by Gasteiger charge is 2.16. The molecule has 21 heavy (non-hydrogen) atoms. The number of carbonyl (C=O) groups excluding carboxylic acids is 1. The van der Waals surface area contributed by atoms with Crippen LogP contribution in [0.2, 0.25) is 0 Å². The second kappa shape index (κ2) is 6.13. The van der Waals surface area contributed by atoms with Gasteiger partial charge in [0.1, 0.15) is 0 Å². The van der Waals surface area contributed by atoms with Crippen LogP contribution < -0.4 is 16.4 Å². The molecule has 1 atom stereocenters. The van der Waals surface area contributed by atoms with E-state index in [0.29, 0.717) is 11.3 Å². The Balaban J connectivity index is 2.32.